The van der Waals surface area contributed by atoms with Crippen LogP contribution in [0.1, 0.15) is 11.4 Å². The van der Waals surface area contributed by atoms with Crippen LogP contribution in [0.25, 0.3) is 0 Å². The third-order valence-electron chi connectivity index (χ3n) is 4.38. The Labute approximate surface area is 197 Å². The monoisotopic (exact) mass is 454 g/mol. The maximum Gasteiger partial charge on any atom is 0.0812 e. The van der Waals surface area contributed by atoms with E-state index >= 15 is 0 Å². The summed E-state index contributed by atoms with van der Waals surface area (Å²) >= 11 is 3.63. The molecule has 2 aromatic carbocycles. The van der Waals surface area contributed by atoms with Crippen molar-refractivity contribution in [2.24, 2.45) is 9.98 Å². The van der Waals surface area contributed by atoms with E-state index in [0.717, 1.165) is 34.3 Å². The van der Waals surface area contributed by atoms with Gasteiger partial charge in [0, 0.05) is 33.7 Å². The van der Waals surface area contributed by atoms with Crippen molar-refractivity contribution in [3.63, 3.8) is 0 Å². The van der Waals surface area contributed by atoms with Crippen molar-refractivity contribution in [3.8, 4) is 0 Å². The molecule has 0 unspecified atom stereocenters. The van der Waals surface area contributed by atoms with Crippen LogP contribution in [-0.4, -0.2) is 33.9 Å². The molecule has 4 aromatic rings. The number of nitrogens with zero attached hydrogens (tertiary/aromatic N) is 4. The zero-order chi connectivity index (χ0) is 21.8. The lowest BCUT2D eigenvalue weighted by atomic mass is 10.3. The number of para-hydroxylation sites is 2. The Balaban J connectivity index is 1.35. The van der Waals surface area contributed by atoms with Crippen LogP contribution in [0.2, 0.25) is 0 Å². The predicted octanol–water partition coefficient (Wildman–Crippen LogP) is 6.86. The molecule has 0 saturated carbocycles. The fraction of sp³-hybridized carbons (Fsp3) is 0.0769. The Hall–Kier alpha value is -3.22. The van der Waals surface area contributed by atoms with Crippen molar-refractivity contribution >= 4 is 47.3 Å². The standard InChI is InChI=1S/C26H22N4S2/c1-3-13-25(23(11-1)29-19-21-9-5-7-15-27-21)31-17-18-32-26-14-4-2-12-24(26)30-20-22-10-6-8-16-28-22/h1-16,19-20H,17-18H2. The zero-order valence-corrected chi connectivity index (χ0v) is 19.0. The fourth-order valence-electron chi connectivity index (χ4n) is 2.85. The lowest BCUT2D eigenvalue weighted by Gasteiger charge is -2.07. The number of benzene rings is 2. The second-order valence-corrected chi connectivity index (χ2v) is 8.93. The summed E-state index contributed by atoms with van der Waals surface area (Å²) in [6, 6.07) is 28.1. The van der Waals surface area contributed by atoms with Gasteiger partial charge in [0.25, 0.3) is 0 Å². The average Bonchev–Trinajstić information content (AvgIpc) is 2.86. The van der Waals surface area contributed by atoms with Crippen molar-refractivity contribution in [2.75, 3.05) is 11.5 Å². The normalized spacial score (nSPS) is 11.4. The van der Waals surface area contributed by atoms with Crippen molar-refractivity contribution in [3.05, 3.63) is 109 Å². The number of rotatable bonds is 9. The predicted molar refractivity (Wildman–Crippen MR) is 137 cm³/mol. The van der Waals surface area contributed by atoms with E-state index in [1.54, 1.807) is 12.4 Å². The molecule has 6 heteroatoms. The average molecular weight is 455 g/mol. The second-order valence-electron chi connectivity index (χ2n) is 6.66. The van der Waals surface area contributed by atoms with Gasteiger partial charge >= 0.3 is 0 Å². The maximum absolute atomic E-state index is 4.64. The molecule has 0 aliphatic heterocycles. The lowest BCUT2D eigenvalue weighted by molar-refractivity contribution is 1.29. The van der Waals surface area contributed by atoms with E-state index in [1.807, 2.05) is 96.6 Å². The largest absolute Gasteiger partial charge is 0.255 e. The molecule has 0 aliphatic rings. The maximum atomic E-state index is 4.64. The Kier molecular flexibility index (Phi) is 8.23. The van der Waals surface area contributed by atoms with E-state index in [4.69, 9.17) is 0 Å². The SMILES string of the molecule is C(=Nc1ccccc1SCCSc1ccccc1N=Cc1ccccn1)c1ccccn1. The third kappa shape index (κ3) is 6.64. The van der Waals surface area contributed by atoms with Crippen molar-refractivity contribution < 1.29 is 0 Å². The molecule has 4 rings (SSSR count). The fourth-order valence-corrected chi connectivity index (χ4v) is 4.84. The van der Waals surface area contributed by atoms with Crippen LogP contribution in [0, 0.1) is 0 Å². The van der Waals surface area contributed by atoms with Crippen LogP contribution in [0.3, 0.4) is 0 Å². The molecule has 158 valence electrons. The number of aromatic nitrogens is 2. The smallest absolute Gasteiger partial charge is 0.0812 e. The topological polar surface area (TPSA) is 50.5 Å². The summed E-state index contributed by atoms with van der Waals surface area (Å²) in [6.45, 7) is 0. The molecular formula is C26H22N4S2. The van der Waals surface area contributed by atoms with Gasteiger partial charge in [-0.05, 0) is 48.5 Å². The second kappa shape index (κ2) is 12.0. The minimum atomic E-state index is 0.853. The highest BCUT2D eigenvalue weighted by Crippen LogP contribution is 2.33. The van der Waals surface area contributed by atoms with Gasteiger partial charge in [0.1, 0.15) is 0 Å². The van der Waals surface area contributed by atoms with Gasteiger partial charge in [-0.1, -0.05) is 36.4 Å². The van der Waals surface area contributed by atoms with Gasteiger partial charge in [0.2, 0.25) is 0 Å². The van der Waals surface area contributed by atoms with E-state index in [1.165, 1.54) is 9.79 Å². The van der Waals surface area contributed by atoms with Gasteiger partial charge in [-0.2, -0.15) is 0 Å². The number of thioether (sulfide) groups is 2. The van der Waals surface area contributed by atoms with Gasteiger partial charge in [-0.3, -0.25) is 20.0 Å². The first kappa shape index (κ1) is 22.0. The van der Waals surface area contributed by atoms with Gasteiger partial charge in [0.15, 0.2) is 0 Å². The minimum absolute atomic E-state index is 0.853. The summed E-state index contributed by atoms with van der Waals surface area (Å²) in [5.41, 5.74) is 3.64. The summed E-state index contributed by atoms with van der Waals surface area (Å²) < 4.78 is 0. The molecule has 0 aliphatic carbocycles. The van der Waals surface area contributed by atoms with Gasteiger partial charge in [-0.15, -0.1) is 23.5 Å². The van der Waals surface area contributed by atoms with Crippen LogP contribution < -0.4 is 0 Å². The van der Waals surface area contributed by atoms with Crippen LogP contribution in [-0.2, 0) is 0 Å². The van der Waals surface area contributed by atoms with Crippen molar-refractivity contribution in [2.45, 2.75) is 9.79 Å². The highest BCUT2D eigenvalue weighted by Gasteiger charge is 2.04. The molecule has 2 aromatic heterocycles. The van der Waals surface area contributed by atoms with E-state index < -0.39 is 0 Å². The molecule has 0 saturated heterocycles. The molecule has 2 heterocycles. The van der Waals surface area contributed by atoms with E-state index in [9.17, 15) is 0 Å². The Bertz CT molecular complexity index is 1080. The lowest BCUT2D eigenvalue weighted by Crippen LogP contribution is -1.87. The van der Waals surface area contributed by atoms with Crippen LogP contribution in [0.4, 0.5) is 11.4 Å². The molecule has 0 amide bonds. The van der Waals surface area contributed by atoms with E-state index in [0.29, 0.717) is 0 Å². The molecule has 0 bridgehead atoms. The van der Waals surface area contributed by atoms with Crippen molar-refractivity contribution in [1.82, 2.24) is 9.97 Å². The number of pyridine rings is 2. The number of hydrogen-bond donors (Lipinski definition) is 0. The Morgan fingerprint density at radius 3 is 1.44 bits per heavy atom. The van der Waals surface area contributed by atoms with E-state index in [-0.39, 0.29) is 0 Å². The Morgan fingerprint density at radius 1 is 0.562 bits per heavy atom. The molecule has 4 nitrogen and oxygen atoms in total. The molecule has 0 radical (unpaired) electrons. The first-order chi connectivity index (χ1) is 15.9. The van der Waals surface area contributed by atoms with Crippen molar-refractivity contribution in [1.29, 1.82) is 0 Å². The zero-order valence-electron chi connectivity index (χ0n) is 17.4. The first-order valence-electron chi connectivity index (χ1n) is 10.2. The van der Waals surface area contributed by atoms with Crippen LogP contribution >= 0.6 is 23.5 Å². The van der Waals surface area contributed by atoms with Crippen LogP contribution in [0.5, 0.6) is 0 Å². The summed E-state index contributed by atoms with van der Waals surface area (Å²) in [7, 11) is 0. The summed E-state index contributed by atoms with van der Waals surface area (Å²) in [5, 5.41) is 0. The van der Waals surface area contributed by atoms with E-state index in [2.05, 4.69) is 44.2 Å². The molecule has 0 N–H and O–H groups in total. The first-order valence-corrected chi connectivity index (χ1v) is 12.2. The number of hydrogen-bond acceptors (Lipinski definition) is 6. The number of aliphatic imine (C=N–C) groups is 2. The molecule has 0 atom stereocenters. The highest BCUT2D eigenvalue weighted by molar-refractivity contribution is 8.03. The summed E-state index contributed by atoms with van der Waals surface area (Å²) in [5.74, 6) is 1.94. The third-order valence-corrected chi connectivity index (χ3v) is 6.76. The van der Waals surface area contributed by atoms with Crippen LogP contribution in [0.15, 0.2) is 117 Å². The summed E-state index contributed by atoms with van der Waals surface area (Å²) in [6.07, 6.45) is 7.17. The summed E-state index contributed by atoms with van der Waals surface area (Å²) in [4.78, 5) is 20.2. The highest BCUT2D eigenvalue weighted by atomic mass is 32.2. The van der Waals surface area contributed by atoms with Gasteiger partial charge < -0.3 is 0 Å². The molecular weight excluding hydrogens is 432 g/mol. The Morgan fingerprint density at radius 2 is 1.00 bits per heavy atom. The quantitative estimate of drug-likeness (QED) is 0.157. The molecule has 0 fully saturated rings. The molecule has 0 spiro atoms. The molecule has 32 heavy (non-hydrogen) atoms. The minimum Gasteiger partial charge on any atom is -0.255 e. The van der Waals surface area contributed by atoms with Gasteiger partial charge in [0.05, 0.1) is 35.2 Å². The van der Waals surface area contributed by atoms with Gasteiger partial charge in [-0.25, -0.2) is 0 Å².